The van der Waals surface area contributed by atoms with Crippen molar-refractivity contribution >= 4 is 0 Å². The second-order valence-electron chi connectivity index (χ2n) is 1.74. The first-order chi connectivity index (χ1) is 6.20. The van der Waals surface area contributed by atoms with Crippen LogP contribution in [0.25, 0.3) is 0 Å². The maximum Gasteiger partial charge on any atom is 0.226 e. The summed E-state index contributed by atoms with van der Waals surface area (Å²) in [6, 6.07) is 1.23. The Bertz CT molecular complexity index is 263. The zero-order valence-corrected chi connectivity index (χ0v) is 8.92. The fraction of sp³-hybridized carbons (Fsp3) is 0.500. The average Bonchev–Trinajstić information content (AvgIpc) is 2.18. The Labute approximate surface area is 79.0 Å². The van der Waals surface area contributed by atoms with Crippen LogP contribution in [0.4, 0.5) is 0 Å². The van der Waals surface area contributed by atoms with Crippen molar-refractivity contribution < 1.29 is 9.52 Å². The van der Waals surface area contributed by atoms with Gasteiger partial charge in [0.05, 0.1) is 0 Å². The summed E-state index contributed by atoms with van der Waals surface area (Å²) in [7, 11) is 0. The molecule has 0 saturated heterocycles. The lowest BCUT2D eigenvalue weighted by molar-refractivity contribution is 0.420. The van der Waals surface area contributed by atoms with E-state index in [1.807, 2.05) is 27.7 Å². The van der Waals surface area contributed by atoms with Crippen molar-refractivity contribution in [1.29, 1.82) is 0 Å². The first-order valence-electron chi connectivity index (χ1n) is 4.48. The minimum Gasteiger partial charge on any atom is -0.502 e. The minimum atomic E-state index is -0.404. The zero-order chi connectivity index (χ0) is 10.9. The van der Waals surface area contributed by atoms with Gasteiger partial charge in [-0.15, -0.1) is 0 Å². The minimum absolute atomic E-state index is 0.347. The van der Waals surface area contributed by atoms with Crippen LogP contribution < -0.4 is 5.43 Å². The van der Waals surface area contributed by atoms with Crippen molar-refractivity contribution in [1.82, 2.24) is 0 Å². The molecule has 1 rings (SSSR count). The number of hydrogen-bond donors (Lipinski definition) is 1. The molecule has 0 radical (unpaired) electrons. The van der Waals surface area contributed by atoms with Crippen molar-refractivity contribution in [2.75, 3.05) is 0 Å². The SMILES string of the molecule is CC.CC.Cc1cc(=O)c(O)co1. The largest absolute Gasteiger partial charge is 0.502 e. The van der Waals surface area contributed by atoms with Gasteiger partial charge in [0.25, 0.3) is 0 Å². The van der Waals surface area contributed by atoms with E-state index in [9.17, 15) is 4.79 Å². The van der Waals surface area contributed by atoms with Crippen molar-refractivity contribution in [2.24, 2.45) is 0 Å². The van der Waals surface area contributed by atoms with Crippen LogP contribution in [0.15, 0.2) is 21.5 Å². The number of hydrogen-bond acceptors (Lipinski definition) is 3. The summed E-state index contributed by atoms with van der Waals surface area (Å²) in [5, 5.41) is 8.64. The average molecular weight is 186 g/mol. The molecule has 0 spiro atoms. The summed E-state index contributed by atoms with van der Waals surface area (Å²) in [6.45, 7) is 9.64. The Kier molecular flexibility index (Phi) is 9.72. The first-order valence-corrected chi connectivity index (χ1v) is 4.48. The monoisotopic (exact) mass is 186 g/mol. The van der Waals surface area contributed by atoms with E-state index in [4.69, 9.17) is 5.11 Å². The Hall–Kier alpha value is -1.25. The number of aryl methyl sites for hydroxylation is 1. The molecule has 1 heterocycles. The summed E-state index contributed by atoms with van der Waals surface area (Å²) >= 11 is 0. The second-order valence-corrected chi connectivity index (χ2v) is 1.74. The highest BCUT2D eigenvalue weighted by Crippen LogP contribution is 2.00. The van der Waals surface area contributed by atoms with Gasteiger partial charge in [-0.25, -0.2) is 0 Å². The van der Waals surface area contributed by atoms with Gasteiger partial charge >= 0.3 is 0 Å². The highest BCUT2D eigenvalue weighted by molar-refractivity contribution is 5.14. The second kappa shape index (κ2) is 8.84. The van der Waals surface area contributed by atoms with E-state index < -0.39 is 5.43 Å². The molecule has 0 saturated carbocycles. The highest BCUT2D eigenvalue weighted by Gasteiger charge is 1.94. The van der Waals surface area contributed by atoms with Crippen LogP contribution in [0, 0.1) is 6.92 Å². The fourth-order valence-corrected chi connectivity index (χ4v) is 0.499. The number of aromatic hydroxyl groups is 1. The van der Waals surface area contributed by atoms with E-state index >= 15 is 0 Å². The van der Waals surface area contributed by atoms with E-state index in [2.05, 4.69) is 4.42 Å². The van der Waals surface area contributed by atoms with E-state index in [0.29, 0.717) is 5.76 Å². The summed E-state index contributed by atoms with van der Waals surface area (Å²) in [6.07, 6.45) is 1.03. The van der Waals surface area contributed by atoms with Crippen molar-refractivity contribution in [3.8, 4) is 5.75 Å². The number of rotatable bonds is 0. The molecule has 0 amide bonds. The summed E-state index contributed by atoms with van der Waals surface area (Å²) in [4.78, 5) is 10.5. The third-order valence-electron chi connectivity index (χ3n) is 0.943. The molecule has 3 heteroatoms. The Morgan fingerprint density at radius 1 is 1.23 bits per heavy atom. The lowest BCUT2D eigenvalue weighted by Crippen LogP contribution is -1.96. The molecule has 0 aromatic carbocycles. The predicted octanol–water partition coefficient (Wildman–Crippen LogP) is 2.71. The van der Waals surface area contributed by atoms with Crippen LogP contribution in [0.3, 0.4) is 0 Å². The van der Waals surface area contributed by atoms with Gasteiger partial charge in [-0.05, 0) is 6.92 Å². The van der Waals surface area contributed by atoms with E-state index in [0.717, 1.165) is 6.26 Å². The summed E-state index contributed by atoms with van der Waals surface area (Å²) in [5.74, 6) is 0.151. The van der Waals surface area contributed by atoms with Crippen molar-refractivity contribution in [3.05, 3.63) is 28.3 Å². The van der Waals surface area contributed by atoms with Crippen LogP contribution in [-0.4, -0.2) is 5.11 Å². The van der Waals surface area contributed by atoms with Crippen LogP contribution in [0.2, 0.25) is 0 Å². The third-order valence-corrected chi connectivity index (χ3v) is 0.943. The molecule has 0 aliphatic heterocycles. The van der Waals surface area contributed by atoms with Gasteiger partial charge in [0, 0.05) is 6.07 Å². The third kappa shape index (κ3) is 5.96. The predicted molar refractivity (Wildman–Crippen MR) is 54.1 cm³/mol. The van der Waals surface area contributed by atoms with E-state index in [1.54, 1.807) is 6.92 Å². The van der Waals surface area contributed by atoms with Gasteiger partial charge in [0.2, 0.25) is 5.43 Å². The zero-order valence-electron chi connectivity index (χ0n) is 8.92. The molecule has 0 bridgehead atoms. The van der Waals surface area contributed by atoms with Crippen molar-refractivity contribution in [3.63, 3.8) is 0 Å². The molecule has 3 nitrogen and oxygen atoms in total. The molecule has 0 aliphatic carbocycles. The lowest BCUT2D eigenvalue weighted by atomic mass is 10.4. The molecule has 1 N–H and O–H groups in total. The van der Waals surface area contributed by atoms with Crippen LogP contribution in [-0.2, 0) is 0 Å². The first kappa shape index (κ1) is 14.3. The van der Waals surface area contributed by atoms with Gasteiger partial charge in [-0.1, -0.05) is 27.7 Å². The highest BCUT2D eigenvalue weighted by atomic mass is 16.3. The molecule has 0 atom stereocenters. The summed E-state index contributed by atoms with van der Waals surface area (Å²) in [5.41, 5.74) is -0.404. The lowest BCUT2D eigenvalue weighted by Gasteiger charge is -1.88. The smallest absolute Gasteiger partial charge is 0.226 e. The normalized spacial score (nSPS) is 7.46. The molecule has 0 aliphatic rings. The van der Waals surface area contributed by atoms with E-state index in [1.165, 1.54) is 6.07 Å². The Morgan fingerprint density at radius 3 is 2.00 bits per heavy atom. The molecular formula is C10H18O3. The quantitative estimate of drug-likeness (QED) is 0.677. The molecule has 0 fully saturated rings. The van der Waals surface area contributed by atoms with Crippen LogP contribution >= 0.6 is 0 Å². The van der Waals surface area contributed by atoms with Gasteiger partial charge in [-0.3, -0.25) is 4.79 Å². The Morgan fingerprint density at radius 2 is 1.69 bits per heavy atom. The van der Waals surface area contributed by atoms with Crippen LogP contribution in [0.1, 0.15) is 33.5 Å². The van der Waals surface area contributed by atoms with E-state index in [-0.39, 0.29) is 5.75 Å². The molecule has 1 aromatic heterocycles. The summed E-state index contributed by atoms with van der Waals surface area (Å²) < 4.78 is 4.69. The van der Waals surface area contributed by atoms with Gasteiger partial charge in [-0.2, -0.15) is 0 Å². The fourth-order valence-electron chi connectivity index (χ4n) is 0.499. The molecule has 0 unspecified atom stereocenters. The maximum absolute atomic E-state index is 10.5. The maximum atomic E-state index is 10.5. The molecule has 13 heavy (non-hydrogen) atoms. The van der Waals surface area contributed by atoms with Gasteiger partial charge in [0.15, 0.2) is 5.75 Å². The topological polar surface area (TPSA) is 50.4 Å². The van der Waals surface area contributed by atoms with Crippen molar-refractivity contribution in [2.45, 2.75) is 34.6 Å². The molecule has 1 aromatic rings. The molecular weight excluding hydrogens is 168 g/mol. The molecule has 76 valence electrons. The Balaban J connectivity index is 0. The van der Waals surface area contributed by atoms with Gasteiger partial charge in [0.1, 0.15) is 12.0 Å². The standard InChI is InChI=1S/C6H6O3.2C2H6/c1-4-2-5(7)6(8)3-9-4;2*1-2/h2-3,8H,1H3;2*1-2H3. The van der Waals surface area contributed by atoms with Gasteiger partial charge < -0.3 is 9.52 Å². The van der Waals surface area contributed by atoms with Crippen LogP contribution in [0.5, 0.6) is 5.75 Å².